The molecule has 0 spiro atoms. The summed E-state index contributed by atoms with van der Waals surface area (Å²) in [5, 5.41) is 25.6. The Morgan fingerprint density at radius 2 is 1.82 bits per heavy atom. The molecule has 2 aliphatic carbocycles. The third kappa shape index (κ3) is 9.31. The summed E-state index contributed by atoms with van der Waals surface area (Å²) in [5.41, 5.74) is 0.238. The fourth-order valence-electron chi connectivity index (χ4n) is 9.68. The summed E-state index contributed by atoms with van der Waals surface area (Å²) in [6.45, 7) is 3.68. The number of benzene rings is 2. The van der Waals surface area contributed by atoms with Crippen molar-refractivity contribution in [2.24, 2.45) is 11.8 Å². The highest BCUT2D eigenvalue weighted by atomic mass is 32.2. The van der Waals surface area contributed by atoms with Crippen LogP contribution in [0.1, 0.15) is 88.4 Å². The molecule has 0 bridgehead atoms. The average Bonchev–Trinajstić information content (AvgIpc) is 3.51. The van der Waals surface area contributed by atoms with Gasteiger partial charge >= 0.3 is 12.0 Å². The van der Waals surface area contributed by atoms with Crippen LogP contribution in [0.4, 0.5) is 9.93 Å². The zero-order chi connectivity index (χ0) is 47.9. The van der Waals surface area contributed by atoms with E-state index in [0.717, 1.165) is 22.3 Å². The number of carboxylic acids is 1. The first-order valence-electron chi connectivity index (χ1n) is 23.3. The quantitative estimate of drug-likeness (QED) is 0.107. The van der Waals surface area contributed by atoms with Crippen LogP contribution in [-0.2, 0) is 24.4 Å². The molecule has 2 saturated carbocycles. The minimum atomic E-state index is -4.15. The highest BCUT2D eigenvalue weighted by Crippen LogP contribution is 2.46. The average molecular weight is 969 g/mol. The Morgan fingerprint density at radius 1 is 1.01 bits per heavy atom. The minimum absolute atomic E-state index is 0.00559. The van der Waals surface area contributed by atoms with Gasteiger partial charge in [0.15, 0.2) is 5.13 Å². The zero-order valence-corrected chi connectivity index (χ0v) is 39.7. The summed E-state index contributed by atoms with van der Waals surface area (Å²) in [7, 11) is -2.60. The Bertz CT molecular complexity index is 2780. The molecule has 4 aromatic rings. The number of pyridine rings is 1. The number of aliphatic carboxylic acids is 1. The largest absolute Gasteiger partial charge is 0.497 e. The summed E-state index contributed by atoms with van der Waals surface area (Å²) in [6, 6.07) is 9.56. The summed E-state index contributed by atoms with van der Waals surface area (Å²) < 4.78 is 40.2. The highest BCUT2D eigenvalue weighted by Gasteiger charge is 2.61. The Labute approximate surface area is 398 Å². The summed E-state index contributed by atoms with van der Waals surface area (Å²) in [6.07, 6.45) is 8.40. The first kappa shape index (κ1) is 46.8. The van der Waals surface area contributed by atoms with E-state index in [1.165, 1.54) is 28.4 Å². The number of aromatic nitrogens is 2. The zero-order valence-electron chi connectivity index (χ0n) is 38.1. The van der Waals surface area contributed by atoms with Crippen LogP contribution in [0.5, 0.6) is 11.5 Å². The van der Waals surface area contributed by atoms with E-state index >= 15 is 4.79 Å². The molecule has 5 amide bonds. The molecule has 18 nitrogen and oxygen atoms in total. The van der Waals surface area contributed by atoms with Gasteiger partial charge in [0.05, 0.1) is 43.0 Å². The number of anilines is 1. The van der Waals surface area contributed by atoms with Crippen LogP contribution in [0.25, 0.3) is 22.3 Å². The molecule has 5 N–H and O–H groups in total. The van der Waals surface area contributed by atoms with E-state index in [4.69, 9.17) is 19.4 Å². The van der Waals surface area contributed by atoms with Crippen molar-refractivity contribution in [2.45, 2.75) is 119 Å². The van der Waals surface area contributed by atoms with Gasteiger partial charge in [0.25, 0.3) is 15.9 Å². The number of thiazole rings is 1. The Balaban J connectivity index is 1.00. The van der Waals surface area contributed by atoms with Crippen molar-refractivity contribution >= 4 is 67.1 Å². The monoisotopic (exact) mass is 968 g/mol. The van der Waals surface area contributed by atoms with Crippen LogP contribution < -0.4 is 30.7 Å². The van der Waals surface area contributed by atoms with Crippen molar-refractivity contribution in [2.75, 3.05) is 25.5 Å². The molecule has 6 atom stereocenters. The first-order chi connectivity index (χ1) is 32.6. The van der Waals surface area contributed by atoms with Gasteiger partial charge in [0.1, 0.15) is 45.8 Å². The number of fused-ring (bicyclic) bond motifs is 4. The van der Waals surface area contributed by atoms with E-state index in [9.17, 15) is 32.7 Å². The second-order valence-electron chi connectivity index (χ2n) is 18.7. The number of carboxylic acid groups (broad SMARTS) is 1. The Kier molecular flexibility index (Phi) is 13.1. The molecule has 2 aromatic heterocycles. The molecule has 3 aliphatic heterocycles. The summed E-state index contributed by atoms with van der Waals surface area (Å²) in [5.74, 6) is -2.57. The molecule has 1 saturated heterocycles. The number of hydrogen-bond donors (Lipinski definition) is 5. The maximum Gasteiger partial charge on any atom is 0.330 e. The fourth-order valence-corrected chi connectivity index (χ4v) is 12.1. The number of sulfonamides is 1. The number of allylic oxidation sites excluding steroid dienone is 1. The Hall–Kier alpha value is -6.28. The lowest BCUT2D eigenvalue weighted by molar-refractivity contribution is -0.145. The van der Waals surface area contributed by atoms with Crippen molar-refractivity contribution in [3.05, 3.63) is 71.6 Å². The van der Waals surface area contributed by atoms with Gasteiger partial charge < -0.3 is 40.7 Å². The van der Waals surface area contributed by atoms with Gasteiger partial charge in [0, 0.05) is 41.3 Å². The van der Waals surface area contributed by atoms with Crippen LogP contribution in [0.15, 0.2) is 71.0 Å². The van der Waals surface area contributed by atoms with E-state index in [-0.39, 0.29) is 54.8 Å². The molecular weight excluding hydrogens is 913 g/mol. The number of amides is 5. The van der Waals surface area contributed by atoms with Crippen LogP contribution in [0.2, 0.25) is 0 Å². The molecule has 68 heavy (non-hydrogen) atoms. The molecule has 20 heteroatoms. The van der Waals surface area contributed by atoms with Crippen LogP contribution in [0.3, 0.4) is 0 Å². The van der Waals surface area contributed by atoms with Gasteiger partial charge in [0.2, 0.25) is 11.8 Å². The smallest absolute Gasteiger partial charge is 0.330 e. The Morgan fingerprint density at radius 3 is 2.56 bits per heavy atom. The summed E-state index contributed by atoms with van der Waals surface area (Å²) >= 11 is 1.44. The van der Waals surface area contributed by atoms with Crippen molar-refractivity contribution in [3.8, 4) is 22.9 Å². The maximum atomic E-state index is 15.0. The van der Waals surface area contributed by atoms with E-state index in [2.05, 4.69) is 21.3 Å². The number of ether oxygens (including phenoxy) is 2. The van der Waals surface area contributed by atoms with E-state index in [1.54, 1.807) is 37.4 Å². The van der Waals surface area contributed by atoms with Crippen molar-refractivity contribution in [1.82, 2.24) is 35.1 Å². The standard InChI is InChI=1S/C48H56N8O10S2/c1-27(2)49-47-53-38(26-67-47)36-22-40(32-19-18-30(65-3)20-35(32)50-36)66-31-21-39-42(57)54-48(45(60)61)23-29(48)14-7-5-4-6-8-16-34(44(59)55(39)24-31)51-46(62)52-37(28-12-11-13-28)25-56-43(58)33-15-9-10-17-41(33)68(56,63)64/h7,9-10,14-15,17-20,22,26-29,31,34,37,39H,4-6,8,11-13,16,21,23-25H2,1-3H3,(H,49,53)(H,54,57)(H,60,61)(H2,51,52,62)/b14-7-/t29?,31-,34+,37-,39+,48-/m1/s1. The van der Waals surface area contributed by atoms with Gasteiger partial charge in [-0.25, -0.2) is 32.3 Å². The molecule has 0 radical (unpaired) electrons. The minimum Gasteiger partial charge on any atom is -0.497 e. The molecule has 5 aliphatic rings. The molecular formula is C48H56N8O10S2. The number of nitrogens with one attached hydrogen (secondary N) is 4. The lowest BCUT2D eigenvalue weighted by Gasteiger charge is -2.36. The number of urea groups is 1. The fraction of sp³-hybridized carbons (Fsp3) is 0.479. The third-order valence-electron chi connectivity index (χ3n) is 13.7. The molecule has 3 fully saturated rings. The number of carbonyl (C=O) groups is 5. The second-order valence-corrected chi connectivity index (χ2v) is 21.3. The van der Waals surface area contributed by atoms with Crippen molar-refractivity contribution in [1.29, 1.82) is 0 Å². The van der Waals surface area contributed by atoms with Gasteiger partial charge in [-0.2, -0.15) is 0 Å². The lowest BCUT2D eigenvalue weighted by atomic mass is 9.79. The van der Waals surface area contributed by atoms with Gasteiger partial charge in [-0.15, -0.1) is 11.3 Å². The molecule has 1 unspecified atom stereocenters. The highest BCUT2D eigenvalue weighted by molar-refractivity contribution is 7.90. The first-order valence-corrected chi connectivity index (χ1v) is 25.6. The molecule has 9 rings (SSSR count). The lowest BCUT2D eigenvalue weighted by Crippen LogP contribution is -2.59. The normalized spacial score (nSPS) is 25.7. The SMILES string of the molecule is COc1ccc2c(O[C@@H]3C[C@H]4C(=O)N[C@]5(C(=O)O)CC5/C=C\CCCCC[C@H](NC(=O)N[C@H](CN5C(=O)c6ccccc6S5(=O)=O)C5CCC5)C(=O)N4C3)cc(-c3csc(NC(C)C)n3)nc2c1. The third-order valence-corrected chi connectivity index (χ3v) is 16.3. The number of hydrogen-bond acceptors (Lipinski definition) is 13. The van der Waals surface area contributed by atoms with Crippen LogP contribution in [0, 0.1) is 11.8 Å². The van der Waals surface area contributed by atoms with Crippen LogP contribution >= 0.6 is 11.3 Å². The van der Waals surface area contributed by atoms with Gasteiger partial charge in [-0.3, -0.25) is 14.4 Å². The van der Waals surface area contributed by atoms with Crippen molar-refractivity contribution < 1.29 is 47.0 Å². The molecule has 360 valence electrons. The number of carbonyl (C=O) groups excluding carboxylic acids is 4. The predicted octanol–water partition coefficient (Wildman–Crippen LogP) is 5.70. The van der Waals surface area contributed by atoms with E-state index in [1.807, 2.05) is 37.4 Å². The number of rotatable bonds is 12. The van der Waals surface area contributed by atoms with Gasteiger partial charge in [-0.1, -0.05) is 43.5 Å². The predicted molar refractivity (Wildman–Crippen MR) is 253 cm³/mol. The topological polar surface area (TPSA) is 239 Å². The second kappa shape index (κ2) is 19.0. The molecule has 5 heterocycles. The van der Waals surface area contributed by atoms with E-state index < -0.39 is 75.4 Å². The number of methoxy groups -OCH3 is 1. The van der Waals surface area contributed by atoms with Gasteiger partial charge in [-0.05, 0) is 82.6 Å². The van der Waals surface area contributed by atoms with E-state index in [0.29, 0.717) is 65.9 Å². The number of nitrogens with zero attached hydrogens (tertiary/aromatic N) is 4. The maximum absolute atomic E-state index is 15.0. The summed E-state index contributed by atoms with van der Waals surface area (Å²) in [4.78, 5) is 80.7. The molecule has 2 aromatic carbocycles. The van der Waals surface area contributed by atoms with Crippen LogP contribution in [-0.4, -0.2) is 118 Å². The van der Waals surface area contributed by atoms with Crippen molar-refractivity contribution in [3.63, 3.8) is 0 Å².